The first kappa shape index (κ1) is 18.7. The molecule has 1 fully saturated rings. The van der Waals surface area contributed by atoms with Crippen molar-refractivity contribution in [2.45, 2.75) is 32.0 Å². The van der Waals surface area contributed by atoms with Crippen LogP contribution in [0.5, 0.6) is 0 Å². The molecule has 1 heterocycles. The highest BCUT2D eigenvalue weighted by Gasteiger charge is 2.36. The number of morpholine rings is 1. The van der Waals surface area contributed by atoms with Gasteiger partial charge in [-0.2, -0.15) is 0 Å². The molecule has 0 radical (unpaired) electrons. The smallest absolute Gasteiger partial charge is 0.251 e. The van der Waals surface area contributed by atoms with Crippen LogP contribution in [0, 0.1) is 0 Å². The minimum atomic E-state index is -0.799. The van der Waals surface area contributed by atoms with E-state index in [0.717, 1.165) is 6.54 Å². The molecule has 7 heteroatoms. The molecule has 6 nitrogen and oxygen atoms in total. The maximum atomic E-state index is 12.5. The summed E-state index contributed by atoms with van der Waals surface area (Å²) >= 11 is 6.21. The first-order chi connectivity index (χ1) is 11.4. The van der Waals surface area contributed by atoms with Gasteiger partial charge in [0.25, 0.3) is 5.91 Å². The van der Waals surface area contributed by atoms with Crippen molar-refractivity contribution in [2.75, 3.05) is 26.7 Å². The Balaban J connectivity index is 2.04. The third-order valence-electron chi connectivity index (χ3n) is 4.16. The first-order valence-electron chi connectivity index (χ1n) is 8.03. The van der Waals surface area contributed by atoms with Gasteiger partial charge in [0.2, 0.25) is 5.91 Å². The highest BCUT2D eigenvalue weighted by molar-refractivity contribution is 6.31. The SMILES string of the molecule is CC(C)N(C)CCNC(=O)[C@H]1OCC(=O)N[C@@H]1c1ccccc1Cl. The number of ether oxygens (including phenoxy) is 1. The summed E-state index contributed by atoms with van der Waals surface area (Å²) in [6, 6.07) is 6.94. The Morgan fingerprint density at radius 3 is 2.83 bits per heavy atom. The second-order valence-electron chi connectivity index (χ2n) is 6.16. The third kappa shape index (κ3) is 4.69. The van der Waals surface area contributed by atoms with Gasteiger partial charge in [-0.15, -0.1) is 0 Å². The van der Waals surface area contributed by atoms with E-state index in [1.807, 2.05) is 13.1 Å². The molecule has 0 bridgehead atoms. The predicted molar refractivity (Wildman–Crippen MR) is 92.9 cm³/mol. The van der Waals surface area contributed by atoms with Gasteiger partial charge >= 0.3 is 0 Å². The van der Waals surface area contributed by atoms with Gasteiger partial charge in [-0.25, -0.2) is 0 Å². The number of halogens is 1. The molecule has 1 aliphatic rings. The number of nitrogens with one attached hydrogen (secondary N) is 2. The lowest BCUT2D eigenvalue weighted by molar-refractivity contribution is -0.148. The van der Waals surface area contributed by atoms with Crippen LogP contribution >= 0.6 is 11.6 Å². The molecular formula is C17H24ClN3O3. The number of carbonyl (C=O) groups is 2. The number of nitrogens with zero attached hydrogens (tertiary/aromatic N) is 1. The van der Waals surface area contributed by atoms with Gasteiger partial charge in [0, 0.05) is 24.2 Å². The number of hydrogen-bond donors (Lipinski definition) is 2. The van der Waals surface area contributed by atoms with Crippen LogP contribution in [-0.4, -0.2) is 55.6 Å². The second-order valence-corrected chi connectivity index (χ2v) is 6.57. The summed E-state index contributed by atoms with van der Waals surface area (Å²) in [4.78, 5) is 26.3. The molecule has 0 aromatic heterocycles. The second kappa shape index (κ2) is 8.46. The van der Waals surface area contributed by atoms with Crippen LogP contribution in [0.1, 0.15) is 25.5 Å². The van der Waals surface area contributed by atoms with Gasteiger partial charge in [0.15, 0.2) is 6.10 Å². The Morgan fingerprint density at radius 2 is 2.17 bits per heavy atom. The molecule has 0 unspecified atom stereocenters. The minimum absolute atomic E-state index is 0.134. The van der Waals surface area contributed by atoms with Crippen molar-refractivity contribution < 1.29 is 14.3 Å². The Labute approximate surface area is 147 Å². The number of rotatable bonds is 6. The number of likely N-dealkylation sites (N-methyl/N-ethyl adjacent to an activating group) is 1. The number of hydrogen-bond acceptors (Lipinski definition) is 4. The number of amides is 2. The number of carbonyl (C=O) groups excluding carboxylic acids is 2. The zero-order valence-corrected chi connectivity index (χ0v) is 15.0. The summed E-state index contributed by atoms with van der Waals surface area (Å²) in [6.07, 6.45) is -0.799. The van der Waals surface area contributed by atoms with Crippen molar-refractivity contribution >= 4 is 23.4 Å². The molecule has 2 N–H and O–H groups in total. The fourth-order valence-electron chi connectivity index (χ4n) is 2.46. The lowest BCUT2D eigenvalue weighted by Gasteiger charge is -2.32. The van der Waals surface area contributed by atoms with Crippen LogP contribution in [-0.2, 0) is 14.3 Å². The monoisotopic (exact) mass is 353 g/mol. The first-order valence-corrected chi connectivity index (χ1v) is 8.41. The van der Waals surface area contributed by atoms with Crippen molar-refractivity contribution in [3.05, 3.63) is 34.9 Å². The Hall–Kier alpha value is -1.63. The highest BCUT2D eigenvalue weighted by atomic mass is 35.5. The van der Waals surface area contributed by atoms with Crippen molar-refractivity contribution in [3.8, 4) is 0 Å². The average molecular weight is 354 g/mol. The molecule has 24 heavy (non-hydrogen) atoms. The van der Waals surface area contributed by atoms with E-state index < -0.39 is 12.1 Å². The van der Waals surface area contributed by atoms with Crippen LogP contribution in [0.15, 0.2) is 24.3 Å². The predicted octanol–water partition coefficient (Wildman–Crippen LogP) is 1.35. The topological polar surface area (TPSA) is 70.7 Å². The summed E-state index contributed by atoms with van der Waals surface area (Å²) < 4.78 is 5.48. The van der Waals surface area contributed by atoms with E-state index in [0.29, 0.717) is 23.2 Å². The molecule has 0 saturated carbocycles. The molecule has 1 aromatic carbocycles. The zero-order chi connectivity index (χ0) is 17.7. The Bertz CT molecular complexity index is 594. The minimum Gasteiger partial charge on any atom is -0.356 e. The molecule has 0 spiro atoms. The van der Waals surface area contributed by atoms with Gasteiger partial charge < -0.3 is 20.3 Å². The molecular weight excluding hydrogens is 330 g/mol. The average Bonchev–Trinajstić information content (AvgIpc) is 2.54. The van der Waals surface area contributed by atoms with Gasteiger partial charge in [-0.05, 0) is 32.5 Å². The van der Waals surface area contributed by atoms with E-state index in [1.165, 1.54) is 0 Å². The highest BCUT2D eigenvalue weighted by Crippen LogP contribution is 2.28. The van der Waals surface area contributed by atoms with E-state index in [4.69, 9.17) is 16.3 Å². The van der Waals surface area contributed by atoms with Gasteiger partial charge in [0.05, 0.1) is 6.04 Å². The lowest BCUT2D eigenvalue weighted by atomic mass is 9.99. The molecule has 1 saturated heterocycles. The molecule has 2 rings (SSSR count). The van der Waals surface area contributed by atoms with Crippen LogP contribution in [0.4, 0.5) is 0 Å². The van der Waals surface area contributed by atoms with E-state index in [1.54, 1.807) is 18.2 Å². The van der Waals surface area contributed by atoms with Crippen molar-refractivity contribution in [2.24, 2.45) is 0 Å². The van der Waals surface area contributed by atoms with E-state index in [2.05, 4.69) is 29.4 Å². The third-order valence-corrected chi connectivity index (χ3v) is 4.50. The lowest BCUT2D eigenvalue weighted by Crippen LogP contribution is -2.53. The zero-order valence-electron chi connectivity index (χ0n) is 14.2. The van der Waals surface area contributed by atoms with Gasteiger partial charge in [-0.1, -0.05) is 29.8 Å². The Morgan fingerprint density at radius 1 is 1.46 bits per heavy atom. The summed E-state index contributed by atoms with van der Waals surface area (Å²) in [5.74, 6) is -0.513. The van der Waals surface area contributed by atoms with Gasteiger partial charge in [0.1, 0.15) is 6.61 Å². The molecule has 0 aliphatic carbocycles. The molecule has 2 amide bonds. The Kier molecular flexibility index (Phi) is 6.60. The summed E-state index contributed by atoms with van der Waals surface area (Å²) in [5, 5.41) is 6.17. The fourth-order valence-corrected chi connectivity index (χ4v) is 2.72. The van der Waals surface area contributed by atoms with Crippen molar-refractivity contribution in [1.82, 2.24) is 15.5 Å². The van der Waals surface area contributed by atoms with Crippen molar-refractivity contribution in [3.63, 3.8) is 0 Å². The summed E-state index contributed by atoms with van der Waals surface area (Å²) in [6.45, 7) is 5.30. The number of benzene rings is 1. The van der Waals surface area contributed by atoms with Crippen LogP contribution in [0.3, 0.4) is 0 Å². The van der Waals surface area contributed by atoms with Crippen LogP contribution in [0.25, 0.3) is 0 Å². The van der Waals surface area contributed by atoms with E-state index >= 15 is 0 Å². The van der Waals surface area contributed by atoms with Crippen LogP contribution < -0.4 is 10.6 Å². The van der Waals surface area contributed by atoms with E-state index in [9.17, 15) is 9.59 Å². The molecule has 1 aromatic rings. The maximum absolute atomic E-state index is 12.5. The molecule has 1 aliphatic heterocycles. The quantitative estimate of drug-likeness (QED) is 0.810. The maximum Gasteiger partial charge on any atom is 0.251 e. The van der Waals surface area contributed by atoms with Crippen molar-refractivity contribution in [1.29, 1.82) is 0 Å². The molecule has 2 atom stereocenters. The molecule has 132 valence electrons. The fraction of sp³-hybridized carbons (Fsp3) is 0.529. The normalized spacial score (nSPS) is 21.0. The van der Waals surface area contributed by atoms with E-state index in [-0.39, 0.29) is 18.4 Å². The summed E-state index contributed by atoms with van der Waals surface area (Å²) in [5.41, 5.74) is 0.673. The van der Waals surface area contributed by atoms with Crippen LogP contribution in [0.2, 0.25) is 5.02 Å². The largest absolute Gasteiger partial charge is 0.356 e. The summed E-state index contributed by atoms with van der Waals surface area (Å²) in [7, 11) is 2.00. The van der Waals surface area contributed by atoms with Gasteiger partial charge in [-0.3, -0.25) is 9.59 Å². The standard InChI is InChI=1S/C17H24ClN3O3/c1-11(2)21(3)9-8-19-17(23)16-15(20-14(22)10-24-16)12-6-4-5-7-13(12)18/h4-7,11,15-16H,8-10H2,1-3H3,(H,19,23)(H,20,22)/t15-,16+/m1/s1.